The predicted octanol–water partition coefficient (Wildman–Crippen LogP) is 5.14. The number of carbonyl (C=O) groups excluding carboxylic acids is 1. The molecule has 4 rings (SSSR count). The van der Waals surface area contributed by atoms with Crippen LogP contribution in [0.2, 0.25) is 5.02 Å². The lowest BCUT2D eigenvalue weighted by Gasteiger charge is -2.10. The second-order valence-corrected chi connectivity index (χ2v) is 9.73. The van der Waals surface area contributed by atoms with Crippen molar-refractivity contribution in [2.75, 3.05) is 10.5 Å². The number of sulfonamides is 1. The van der Waals surface area contributed by atoms with Gasteiger partial charge in [0.25, 0.3) is 0 Å². The maximum atomic E-state index is 13.4. The van der Waals surface area contributed by atoms with Gasteiger partial charge in [0, 0.05) is 45.2 Å². The quantitative estimate of drug-likeness (QED) is 0.357. The molecule has 0 fully saturated rings. The number of H-pyrrole nitrogens is 1. The lowest BCUT2D eigenvalue weighted by molar-refractivity contribution is 0.104. The van der Waals surface area contributed by atoms with Crippen molar-refractivity contribution in [2.24, 2.45) is 0 Å². The molecule has 0 unspecified atom stereocenters. The Bertz CT molecular complexity index is 1500. The third kappa shape index (κ3) is 4.75. The summed E-state index contributed by atoms with van der Waals surface area (Å²) in [5.74, 6) is -0.456. The van der Waals surface area contributed by atoms with Gasteiger partial charge >= 0.3 is 0 Å². The van der Waals surface area contributed by atoms with E-state index >= 15 is 0 Å². The van der Waals surface area contributed by atoms with Crippen molar-refractivity contribution < 1.29 is 13.2 Å². The predicted molar refractivity (Wildman–Crippen MR) is 129 cm³/mol. The van der Waals surface area contributed by atoms with E-state index in [4.69, 9.17) is 11.6 Å². The Balaban J connectivity index is 1.76. The van der Waals surface area contributed by atoms with E-state index in [1.807, 2.05) is 24.3 Å². The maximum absolute atomic E-state index is 13.4. The molecule has 0 aliphatic carbocycles. The fourth-order valence-electron chi connectivity index (χ4n) is 3.53. The summed E-state index contributed by atoms with van der Waals surface area (Å²) in [7, 11) is -3.54. The number of benzene rings is 2. The molecule has 0 saturated carbocycles. The zero-order chi connectivity index (χ0) is 23.6. The number of aromatic amines is 1. The molecule has 9 heteroatoms. The van der Waals surface area contributed by atoms with Gasteiger partial charge in [-0.05, 0) is 48.4 Å². The monoisotopic (exact) mass is 478 g/mol. The molecule has 2 N–H and O–H groups in total. The van der Waals surface area contributed by atoms with Gasteiger partial charge in [-0.3, -0.25) is 9.52 Å². The number of fused-ring (bicyclic) bond motifs is 1. The minimum absolute atomic E-state index is 0.0438. The number of aromatic nitrogens is 2. The second kappa shape index (κ2) is 9.06. The molecule has 0 atom stereocenters. The summed E-state index contributed by atoms with van der Waals surface area (Å²) in [4.78, 5) is 20.8. The number of pyridine rings is 1. The standard InChI is InChI=1S/C24H19ClN4O3S/c1-2-9-33(31,32)29-19-8-5-16(12-26)20(11-19)23(30)22-14-28-24-21(22)10-17(13-27-24)15-3-6-18(25)7-4-15/h3-8,10-11,13-14,29H,2,9H2,1H3,(H,27,28). The number of nitriles is 1. The summed E-state index contributed by atoms with van der Waals surface area (Å²) in [5, 5.41) is 10.7. The van der Waals surface area contributed by atoms with E-state index in [9.17, 15) is 18.5 Å². The molecule has 2 aromatic heterocycles. The SMILES string of the molecule is CCCS(=O)(=O)Nc1ccc(C#N)c(C(=O)c2c[nH]c3ncc(-c4ccc(Cl)cc4)cc23)c1. The molecule has 0 aliphatic rings. The number of halogens is 1. The number of hydrogen-bond donors (Lipinski definition) is 2. The summed E-state index contributed by atoms with van der Waals surface area (Å²) < 4.78 is 26.8. The van der Waals surface area contributed by atoms with Gasteiger partial charge in [0.1, 0.15) is 5.65 Å². The van der Waals surface area contributed by atoms with Crippen molar-refractivity contribution in [3.63, 3.8) is 0 Å². The fraction of sp³-hybridized carbons (Fsp3) is 0.125. The molecule has 2 heterocycles. The average molecular weight is 479 g/mol. The third-order valence-corrected chi connectivity index (χ3v) is 6.83. The van der Waals surface area contributed by atoms with Gasteiger partial charge in [-0.2, -0.15) is 5.26 Å². The minimum Gasteiger partial charge on any atom is -0.345 e. The van der Waals surface area contributed by atoms with Crippen molar-refractivity contribution in [1.29, 1.82) is 5.26 Å². The second-order valence-electron chi connectivity index (χ2n) is 7.45. The third-order valence-electron chi connectivity index (χ3n) is 5.08. The van der Waals surface area contributed by atoms with E-state index in [1.54, 1.807) is 31.5 Å². The van der Waals surface area contributed by atoms with Gasteiger partial charge in [0.05, 0.1) is 17.4 Å². The van der Waals surface area contributed by atoms with Crippen LogP contribution in [0.3, 0.4) is 0 Å². The van der Waals surface area contributed by atoms with Crippen LogP contribution in [0, 0.1) is 11.3 Å². The van der Waals surface area contributed by atoms with Gasteiger partial charge in [0.2, 0.25) is 10.0 Å². The van der Waals surface area contributed by atoms with E-state index in [0.717, 1.165) is 11.1 Å². The number of anilines is 1. The van der Waals surface area contributed by atoms with Crippen LogP contribution < -0.4 is 4.72 Å². The molecule has 7 nitrogen and oxygen atoms in total. The molecule has 4 aromatic rings. The zero-order valence-electron chi connectivity index (χ0n) is 17.6. The van der Waals surface area contributed by atoms with Gasteiger partial charge in [-0.25, -0.2) is 13.4 Å². The highest BCUT2D eigenvalue weighted by Gasteiger charge is 2.20. The Kier molecular flexibility index (Phi) is 6.18. The number of rotatable bonds is 7. The molecular formula is C24H19ClN4O3S. The van der Waals surface area contributed by atoms with Gasteiger partial charge in [-0.15, -0.1) is 0 Å². The molecule has 166 valence electrons. The van der Waals surface area contributed by atoms with E-state index < -0.39 is 15.8 Å². The van der Waals surface area contributed by atoms with Gasteiger partial charge < -0.3 is 4.98 Å². The Hall–Kier alpha value is -3.67. The molecule has 0 saturated heterocycles. The number of ketones is 1. The Morgan fingerprint density at radius 1 is 1.12 bits per heavy atom. The first-order valence-electron chi connectivity index (χ1n) is 10.1. The Morgan fingerprint density at radius 2 is 1.88 bits per heavy atom. The number of carbonyl (C=O) groups is 1. The number of nitrogens with zero attached hydrogens (tertiary/aromatic N) is 2. The lowest BCUT2D eigenvalue weighted by Crippen LogP contribution is -2.16. The van der Waals surface area contributed by atoms with Crippen LogP contribution in [-0.2, 0) is 10.0 Å². The summed E-state index contributed by atoms with van der Waals surface area (Å²) in [6.07, 6.45) is 3.69. The molecule has 0 bridgehead atoms. The van der Waals surface area contributed by atoms with Crippen molar-refractivity contribution in [3.05, 3.63) is 82.6 Å². The average Bonchev–Trinajstić information content (AvgIpc) is 3.22. The lowest BCUT2D eigenvalue weighted by atomic mass is 9.97. The van der Waals surface area contributed by atoms with Crippen LogP contribution in [0.5, 0.6) is 0 Å². The maximum Gasteiger partial charge on any atom is 0.232 e. The van der Waals surface area contributed by atoms with Crippen LogP contribution in [0.15, 0.2) is 60.9 Å². The normalized spacial score (nSPS) is 11.3. The summed E-state index contributed by atoms with van der Waals surface area (Å²) >= 11 is 5.98. The molecule has 33 heavy (non-hydrogen) atoms. The molecule has 0 radical (unpaired) electrons. The number of hydrogen-bond acceptors (Lipinski definition) is 5. The van der Waals surface area contributed by atoms with Crippen molar-refractivity contribution in [1.82, 2.24) is 9.97 Å². The van der Waals surface area contributed by atoms with Crippen molar-refractivity contribution >= 4 is 44.1 Å². The summed E-state index contributed by atoms with van der Waals surface area (Å²) in [6.45, 7) is 1.76. The highest BCUT2D eigenvalue weighted by Crippen LogP contribution is 2.28. The van der Waals surface area contributed by atoms with Gasteiger partial charge in [-0.1, -0.05) is 30.7 Å². The molecular weight excluding hydrogens is 460 g/mol. The molecule has 0 aliphatic heterocycles. The van der Waals surface area contributed by atoms with Crippen molar-refractivity contribution in [3.8, 4) is 17.2 Å². The van der Waals surface area contributed by atoms with Crippen LogP contribution in [0.25, 0.3) is 22.2 Å². The molecule has 0 spiro atoms. The first-order chi connectivity index (χ1) is 15.8. The fourth-order valence-corrected chi connectivity index (χ4v) is 4.78. The summed E-state index contributed by atoms with van der Waals surface area (Å²) in [6, 6.07) is 15.4. The van der Waals surface area contributed by atoms with Crippen LogP contribution in [-0.4, -0.2) is 29.9 Å². The first kappa shape index (κ1) is 22.5. The van der Waals surface area contributed by atoms with E-state index in [0.29, 0.717) is 28.0 Å². The van der Waals surface area contributed by atoms with Crippen LogP contribution >= 0.6 is 11.6 Å². The Morgan fingerprint density at radius 3 is 2.58 bits per heavy atom. The van der Waals surface area contributed by atoms with Crippen LogP contribution in [0.1, 0.15) is 34.8 Å². The first-order valence-corrected chi connectivity index (χ1v) is 12.2. The Labute approximate surface area is 196 Å². The topological polar surface area (TPSA) is 116 Å². The van der Waals surface area contributed by atoms with Gasteiger partial charge in [0.15, 0.2) is 5.78 Å². The highest BCUT2D eigenvalue weighted by atomic mass is 35.5. The number of nitrogens with one attached hydrogen (secondary N) is 2. The van der Waals surface area contributed by atoms with Crippen molar-refractivity contribution in [2.45, 2.75) is 13.3 Å². The summed E-state index contributed by atoms with van der Waals surface area (Å²) in [5.41, 5.74) is 3.02. The highest BCUT2D eigenvalue weighted by molar-refractivity contribution is 7.92. The largest absolute Gasteiger partial charge is 0.345 e. The van der Waals surface area contributed by atoms with E-state index in [1.165, 1.54) is 18.2 Å². The molecule has 0 amide bonds. The zero-order valence-corrected chi connectivity index (χ0v) is 19.2. The smallest absolute Gasteiger partial charge is 0.232 e. The minimum atomic E-state index is -3.54. The van der Waals surface area contributed by atoms with E-state index in [-0.39, 0.29) is 22.6 Å². The molecule has 2 aromatic carbocycles. The van der Waals surface area contributed by atoms with Crippen LogP contribution in [0.4, 0.5) is 5.69 Å². The van der Waals surface area contributed by atoms with E-state index in [2.05, 4.69) is 14.7 Å².